The predicted molar refractivity (Wildman–Crippen MR) is 159 cm³/mol. The number of halogens is 3. The van der Waals surface area contributed by atoms with Crippen LogP contribution in [0.2, 0.25) is 0 Å². The van der Waals surface area contributed by atoms with Crippen LogP contribution in [0.3, 0.4) is 0 Å². The van der Waals surface area contributed by atoms with Gasteiger partial charge in [-0.15, -0.1) is 23.2 Å². The smallest absolute Gasteiger partial charge is 0.434 e. The van der Waals surface area contributed by atoms with Gasteiger partial charge in [-0.25, -0.2) is 4.79 Å². The Labute approximate surface area is 258 Å². The minimum Gasteiger partial charge on any atom is -0.434 e. The number of nitro groups is 1. The van der Waals surface area contributed by atoms with Gasteiger partial charge in [0.15, 0.2) is 0 Å². The lowest BCUT2D eigenvalue weighted by Gasteiger charge is -2.65. The Balaban J connectivity index is 1.29. The zero-order chi connectivity index (χ0) is 30.0. The average molecular weight is 673 g/mol. The highest BCUT2D eigenvalue weighted by Crippen LogP contribution is 2.72. The quantitative estimate of drug-likeness (QED) is 0.109. The molecule has 0 spiro atoms. The summed E-state index contributed by atoms with van der Waals surface area (Å²) in [5, 5.41) is 34.2. The number of benzene rings is 1. The van der Waals surface area contributed by atoms with Crippen LogP contribution in [0.1, 0.15) is 58.4 Å². The molecule has 41 heavy (non-hydrogen) atoms. The van der Waals surface area contributed by atoms with Crippen LogP contribution in [0.25, 0.3) is 0 Å². The third-order valence-electron chi connectivity index (χ3n) is 10.7. The van der Waals surface area contributed by atoms with Crippen LogP contribution in [0, 0.1) is 38.7 Å². The van der Waals surface area contributed by atoms with E-state index in [2.05, 4.69) is 48.0 Å². The number of ether oxygens (including phenoxy) is 2. The van der Waals surface area contributed by atoms with Gasteiger partial charge in [0.2, 0.25) is 0 Å². The summed E-state index contributed by atoms with van der Waals surface area (Å²) in [6, 6.07) is 4.63. The summed E-state index contributed by atoms with van der Waals surface area (Å²) in [7, 11) is 0. The second kappa shape index (κ2) is 10.8. The van der Waals surface area contributed by atoms with Gasteiger partial charge >= 0.3 is 6.16 Å². The zero-order valence-corrected chi connectivity index (χ0v) is 26.4. The van der Waals surface area contributed by atoms with Crippen molar-refractivity contribution >= 4 is 51.0 Å². The van der Waals surface area contributed by atoms with Gasteiger partial charge in [-0.1, -0.05) is 50.6 Å². The fourth-order valence-corrected chi connectivity index (χ4v) is 10.4. The van der Waals surface area contributed by atoms with Gasteiger partial charge < -0.3 is 19.7 Å². The number of aliphatic hydroxyl groups excluding tert-OH is 1. The van der Waals surface area contributed by atoms with E-state index in [1.54, 1.807) is 6.07 Å². The van der Waals surface area contributed by atoms with E-state index < -0.39 is 43.9 Å². The molecule has 0 aromatic heterocycles. The number of carbonyl (C=O) groups excluding carboxylic acids is 1. The van der Waals surface area contributed by atoms with Gasteiger partial charge in [0.25, 0.3) is 5.69 Å². The number of rotatable bonds is 6. The largest absolute Gasteiger partial charge is 0.508 e. The molecular weight excluding hydrogens is 637 g/mol. The summed E-state index contributed by atoms with van der Waals surface area (Å²) in [4.78, 5) is 22.4. The van der Waals surface area contributed by atoms with Crippen molar-refractivity contribution in [1.82, 2.24) is 0 Å². The lowest BCUT2D eigenvalue weighted by atomic mass is 9.45. The lowest BCUT2D eigenvalue weighted by Crippen LogP contribution is -2.67. The number of aliphatic hydroxyl groups is 2. The van der Waals surface area contributed by atoms with Crippen molar-refractivity contribution in [2.24, 2.45) is 28.6 Å². The third kappa shape index (κ3) is 4.57. The number of fused-ring (bicyclic) bond motifs is 5. The maximum Gasteiger partial charge on any atom is 0.508 e. The Morgan fingerprint density at radius 2 is 1.98 bits per heavy atom. The van der Waals surface area contributed by atoms with Crippen LogP contribution in [0.5, 0.6) is 0 Å². The molecule has 2 N–H and O–H groups in total. The van der Waals surface area contributed by atoms with Crippen LogP contribution in [-0.4, -0.2) is 49.9 Å². The van der Waals surface area contributed by atoms with Crippen molar-refractivity contribution < 1.29 is 29.4 Å². The van der Waals surface area contributed by atoms with Gasteiger partial charge in [0, 0.05) is 17.3 Å². The van der Waals surface area contributed by atoms with E-state index in [0.717, 1.165) is 12.8 Å². The fourth-order valence-electron chi connectivity index (χ4n) is 8.60. The number of allylic oxidation sites excluding steroid dienone is 4. The summed E-state index contributed by atoms with van der Waals surface area (Å²) in [5.41, 5.74) is -1.41. The molecule has 0 radical (unpaired) electrons. The first-order valence-electron chi connectivity index (χ1n) is 14.0. The van der Waals surface area contributed by atoms with Gasteiger partial charge in [-0.05, 0) is 71.5 Å². The number of para-hydroxylation sites is 1. The molecule has 8 nitrogen and oxygen atoms in total. The first-order valence-corrected chi connectivity index (χ1v) is 15.6. The van der Waals surface area contributed by atoms with Gasteiger partial charge in [-0.3, -0.25) is 10.1 Å². The van der Waals surface area contributed by atoms with Crippen LogP contribution >= 0.6 is 39.1 Å². The first kappa shape index (κ1) is 30.8. The van der Waals surface area contributed by atoms with Crippen molar-refractivity contribution in [1.29, 1.82) is 0 Å². The molecule has 9 atom stereocenters. The Kier molecular flexibility index (Phi) is 8.12. The molecule has 3 saturated carbocycles. The highest BCUT2D eigenvalue weighted by molar-refractivity contribution is 9.10. The maximum absolute atomic E-state index is 12.4. The van der Waals surface area contributed by atoms with Crippen LogP contribution in [-0.2, 0) is 16.1 Å². The van der Waals surface area contributed by atoms with Crippen molar-refractivity contribution in [2.75, 3.05) is 6.61 Å². The second-order valence-electron chi connectivity index (χ2n) is 12.5. The van der Waals surface area contributed by atoms with Crippen LogP contribution < -0.4 is 0 Å². The molecule has 0 bridgehead atoms. The Morgan fingerprint density at radius 1 is 1.24 bits per heavy atom. The number of alkyl halides is 2. The van der Waals surface area contributed by atoms with E-state index in [1.165, 1.54) is 17.7 Å². The molecule has 5 rings (SSSR count). The highest BCUT2D eigenvalue weighted by Gasteiger charge is 2.73. The zero-order valence-electron chi connectivity index (χ0n) is 23.3. The second-order valence-corrected chi connectivity index (χ2v) is 14.5. The molecule has 0 saturated heterocycles. The van der Waals surface area contributed by atoms with Crippen molar-refractivity contribution in [3.63, 3.8) is 0 Å². The molecule has 3 fully saturated rings. The van der Waals surface area contributed by atoms with Crippen LogP contribution in [0.4, 0.5) is 10.5 Å². The molecule has 4 aliphatic rings. The molecule has 0 heterocycles. The molecule has 0 amide bonds. The molecular formula is C30H36BrCl2NO7. The number of nitrogens with zero attached hydrogens (tertiary/aromatic N) is 1. The Bertz CT molecular complexity index is 1310. The summed E-state index contributed by atoms with van der Waals surface area (Å²) in [6.45, 7) is 5.80. The van der Waals surface area contributed by atoms with E-state index in [0.29, 0.717) is 12.8 Å². The van der Waals surface area contributed by atoms with Gasteiger partial charge in [0.05, 0.1) is 43.5 Å². The molecule has 0 unspecified atom stereocenters. The molecule has 224 valence electrons. The van der Waals surface area contributed by atoms with E-state index in [4.69, 9.17) is 32.7 Å². The summed E-state index contributed by atoms with van der Waals surface area (Å²) in [5.74, 6) is 0.161. The lowest BCUT2D eigenvalue weighted by molar-refractivity contribution is -0.386. The minimum absolute atomic E-state index is 0.0171. The number of hydrogen-bond donors (Lipinski definition) is 2. The van der Waals surface area contributed by atoms with E-state index >= 15 is 0 Å². The SMILES string of the molecule is C[C@H]1C[C@H]2[C@@H]3C[C@@H](O)[C@](O)(CCOC(=O)OCc4cccc(Br)c4[N+](=O)[O-])[C@@]3(C)C[C@H](Cl)[C@]2(Cl)[C@@]2(C)C=CCC=C12. The van der Waals surface area contributed by atoms with E-state index in [9.17, 15) is 25.1 Å². The maximum atomic E-state index is 12.4. The molecule has 4 aliphatic carbocycles. The monoisotopic (exact) mass is 671 g/mol. The van der Waals surface area contributed by atoms with Crippen molar-refractivity contribution in [3.8, 4) is 0 Å². The van der Waals surface area contributed by atoms with Gasteiger partial charge in [0.1, 0.15) is 6.61 Å². The molecule has 0 aliphatic heterocycles. The van der Waals surface area contributed by atoms with Crippen LogP contribution in [0.15, 0.2) is 46.5 Å². The fraction of sp³-hybridized carbons (Fsp3) is 0.633. The average Bonchev–Trinajstić information content (AvgIpc) is 3.09. The predicted octanol–water partition coefficient (Wildman–Crippen LogP) is 7.06. The van der Waals surface area contributed by atoms with E-state index in [1.807, 2.05) is 6.92 Å². The molecule has 1 aromatic rings. The summed E-state index contributed by atoms with van der Waals surface area (Å²) in [6.07, 6.45) is 7.00. The molecule has 11 heteroatoms. The Hall–Kier alpha value is -1.65. The molecule has 1 aromatic carbocycles. The summed E-state index contributed by atoms with van der Waals surface area (Å²) >= 11 is 18.0. The first-order chi connectivity index (χ1) is 19.2. The third-order valence-corrected chi connectivity index (χ3v) is 12.9. The normalized spacial score (nSPS) is 41.1. The van der Waals surface area contributed by atoms with Crippen molar-refractivity contribution in [3.05, 3.63) is 62.2 Å². The number of nitro benzene ring substituents is 1. The number of carbonyl (C=O) groups is 1. The van der Waals surface area contributed by atoms with E-state index in [-0.39, 0.29) is 53.1 Å². The topological polar surface area (TPSA) is 119 Å². The minimum atomic E-state index is -1.56. The summed E-state index contributed by atoms with van der Waals surface area (Å²) < 4.78 is 10.7. The standard InChI is InChI=1S/C30H36BrCl2NO7/c1-17-13-21-20-14-24(35)29(37,11-12-40-26(36)41-16-18-7-6-9-22(31)25(18)34(38)39)28(20,3)15-23(32)30(21,33)27(2)10-5-4-8-19(17)27/h5-10,17,20-21,23-24,35,37H,4,11-16H2,1-3H3/t17-,20-,21-,23-,24+,27-,28-,29+,30-/m0/s1. The number of hydrogen-bond acceptors (Lipinski definition) is 7. The Morgan fingerprint density at radius 3 is 2.68 bits per heavy atom. The van der Waals surface area contributed by atoms with Crippen molar-refractivity contribution in [2.45, 2.75) is 81.4 Å². The van der Waals surface area contributed by atoms with Gasteiger partial charge in [-0.2, -0.15) is 0 Å². The highest BCUT2D eigenvalue weighted by atomic mass is 79.9.